The number of halogens is 1. The predicted octanol–water partition coefficient (Wildman–Crippen LogP) is 5.96. The van der Waals surface area contributed by atoms with Gasteiger partial charge in [-0.15, -0.1) is 10.2 Å². The van der Waals surface area contributed by atoms with Crippen LogP contribution >= 0.6 is 0 Å². The molecule has 0 saturated carbocycles. The predicted molar refractivity (Wildman–Crippen MR) is 113 cm³/mol. The minimum absolute atomic E-state index is 0.132. The van der Waals surface area contributed by atoms with Crippen molar-refractivity contribution in [2.45, 2.75) is 27.7 Å². The van der Waals surface area contributed by atoms with Gasteiger partial charge in [0.25, 0.3) is 5.91 Å². The molecule has 6 nitrogen and oxygen atoms in total. The van der Waals surface area contributed by atoms with Crippen molar-refractivity contribution >= 4 is 22.5 Å². The average Bonchev–Trinajstić information content (AvgIpc) is 3.17. The summed E-state index contributed by atoms with van der Waals surface area (Å²) >= 11 is 0. The minimum Gasteiger partial charge on any atom is -0.493 e. The SMILES string of the molecule is Cc1cc(C)c2[nH]c(O)c(N=NC(=O)c3cc(C)n(-c4ccc(F)cc4)c3C)c2c1. The van der Waals surface area contributed by atoms with Crippen LogP contribution in [0.15, 0.2) is 52.7 Å². The Labute approximate surface area is 172 Å². The summed E-state index contributed by atoms with van der Waals surface area (Å²) in [5.74, 6) is -0.975. The molecule has 2 aromatic carbocycles. The van der Waals surface area contributed by atoms with Crippen LogP contribution in [-0.4, -0.2) is 20.6 Å². The van der Waals surface area contributed by atoms with Crippen LogP contribution in [0, 0.1) is 33.5 Å². The third kappa shape index (κ3) is 3.28. The standard InChI is InChI=1S/C23H21FN4O2/c1-12-9-13(2)20-19(10-12)21(23(30)25-20)26-27-22(29)18-11-14(3)28(15(18)4)17-7-5-16(24)6-8-17/h5-11,25,30H,1-4H3. The summed E-state index contributed by atoms with van der Waals surface area (Å²) in [5, 5.41) is 18.9. The average molecular weight is 404 g/mol. The zero-order chi connectivity index (χ0) is 21.6. The van der Waals surface area contributed by atoms with Gasteiger partial charge in [0.1, 0.15) is 5.82 Å². The number of hydrogen-bond acceptors (Lipinski definition) is 3. The van der Waals surface area contributed by atoms with Crippen molar-refractivity contribution in [1.82, 2.24) is 9.55 Å². The highest BCUT2D eigenvalue weighted by atomic mass is 19.1. The topological polar surface area (TPSA) is 82.7 Å². The Morgan fingerprint density at radius 2 is 1.77 bits per heavy atom. The first kappa shape index (κ1) is 19.6. The van der Waals surface area contributed by atoms with Crippen LogP contribution < -0.4 is 0 Å². The van der Waals surface area contributed by atoms with Gasteiger partial charge in [-0.2, -0.15) is 0 Å². The third-order valence-corrected chi connectivity index (χ3v) is 5.19. The summed E-state index contributed by atoms with van der Waals surface area (Å²) < 4.78 is 15.1. The Hall–Kier alpha value is -3.74. The quantitative estimate of drug-likeness (QED) is 0.413. The maximum absolute atomic E-state index is 13.3. The Morgan fingerprint density at radius 1 is 1.07 bits per heavy atom. The number of nitrogens with zero attached hydrogens (tertiary/aromatic N) is 3. The normalized spacial score (nSPS) is 11.6. The minimum atomic E-state index is -0.519. The van der Waals surface area contributed by atoms with E-state index in [9.17, 15) is 14.3 Å². The molecule has 2 heterocycles. The van der Waals surface area contributed by atoms with Crippen molar-refractivity contribution in [2.24, 2.45) is 10.2 Å². The number of carbonyl (C=O) groups is 1. The second-order valence-corrected chi connectivity index (χ2v) is 7.43. The largest absolute Gasteiger partial charge is 0.493 e. The second kappa shape index (κ2) is 7.26. The third-order valence-electron chi connectivity index (χ3n) is 5.19. The highest BCUT2D eigenvalue weighted by Crippen LogP contribution is 2.37. The monoisotopic (exact) mass is 404 g/mol. The smallest absolute Gasteiger partial charge is 0.297 e. The van der Waals surface area contributed by atoms with Gasteiger partial charge < -0.3 is 14.7 Å². The van der Waals surface area contributed by atoms with Crippen LogP contribution in [0.4, 0.5) is 10.1 Å². The Morgan fingerprint density at radius 3 is 2.47 bits per heavy atom. The fraction of sp³-hybridized carbons (Fsp3) is 0.174. The zero-order valence-electron chi connectivity index (χ0n) is 17.1. The highest BCUT2D eigenvalue weighted by molar-refractivity contribution is 5.98. The van der Waals surface area contributed by atoms with Crippen LogP contribution in [0.5, 0.6) is 5.88 Å². The molecule has 7 heteroatoms. The molecule has 0 saturated heterocycles. The molecule has 30 heavy (non-hydrogen) atoms. The van der Waals surface area contributed by atoms with Crippen molar-refractivity contribution in [3.05, 3.63) is 76.4 Å². The molecule has 0 spiro atoms. The molecule has 152 valence electrons. The lowest BCUT2D eigenvalue weighted by atomic mass is 10.1. The van der Waals surface area contributed by atoms with Crippen molar-refractivity contribution < 1.29 is 14.3 Å². The lowest BCUT2D eigenvalue weighted by Crippen LogP contribution is -2.01. The summed E-state index contributed by atoms with van der Waals surface area (Å²) in [6, 6.07) is 11.7. The number of carbonyl (C=O) groups excluding carboxylic acids is 1. The molecule has 0 bridgehead atoms. The number of fused-ring (bicyclic) bond motifs is 1. The van der Waals surface area contributed by atoms with Gasteiger partial charge in [0.15, 0.2) is 5.69 Å². The Bertz CT molecular complexity index is 1310. The molecule has 0 unspecified atom stereocenters. The van der Waals surface area contributed by atoms with E-state index in [0.717, 1.165) is 28.0 Å². The lowest BCUT2D eigenvalue weighted by molar-refractivity contribution is 0.0994. The summed E-state index contributed by atoms with van der Waals surface area (Å²) in [6.45, 7) is 7.55. The van der Waals surface area contributed by atoms with Crippen LogP contribution in [0.3, 0.4) is 0 Å². The lowest BCUT2D eigenvalue weighted by Gasteiger charge is -2.09. The Kier molecular flexibility index (Phi) is 4.73. The van der Waals surface area contributed by atoms with Gasteiger partial charge in [-0.3, -0.25) is 4.79 Å². The first-order valence-electron chi connectivity index (χ1n) is 9.49. The molecular weight excluding hydrogens is 383 g/mol. The van der Waals surface area contributed by atoms with Crippen molar-refractivity contribution in [3.8, 4) is 11.6 Å². The van der Waals surface area contributed by atoms with E-state index in [4.69, 9.17) is 0 Å². The molecule has 0 radical (unpaired) electrons. The van der Waals surface area contributed by atoms with E-state index in [0.29, 0.717) is 16.6 Å². The first-order valence-corrected chi connectivity index (χ1v) is 9.49. The molecule has 0 aliphatic carbocycles. The van der Waals surface area contributed by atoms with E-state index in [2.05, 4.69) is 15.2 Å². The number of benzene rings is 2. The summed E-state index contributed by atoms with van der Waals surface area (Å²) in [7, 11) is 0. The van der Waals surface area contributed by atoms with Gasteiger partial charge in [0.05, 0.1) is 11.1 Å². The van der Waals surface area contributed by atoms with Crippen molar-refractivity contribution in [2.75, 3.05) is 0 Å². The number of aryl methyl sites for hydroxylation is 3. The molecule has 2 N–H and O–H groups in total. The van der Waals surface area contributed by atoms with Gasteiger partial charge in [-0.1, -0.05) is 11.6 Å². The second-order valence-electron chi connectivity index (χ2n) is 7.43. The molecule has 1 amide bonds. The number of amides is 1. The Balaban J connectivity index is 1.71. The number of hydrogen-bond donors (Lipinski definition) is 2. The highest BCUT2D eigenvalue weighted by Gasteiger charge is 2.18. The summed E-state index contributed by atoms with van der Waals surface area (Å²) in [4.78, 5) is 15.7. The summed E-state index contributed by atoms with van der Waals surface area (Å²) in [5.41, 5.74) is 5.62. The molecule has 0 aliphatic heterocycles. The van der Waals surface area contributed by atoms with Gasteiger partial charge in [-0.05, 0) is 69.7 Å². The first-order chi connectivity index (χ1) is 14.3. The molecule has 0 atom stereocenters. The summed E-state index contributed by atoms with van der Waals surface area (Å²) in [6.07, 6.45) is 0. The molecule has 4 aromatic rings. The maximum Gasteiger partial charge on any atom is 0.297 e. The number of aromatic amines is 1. The number of nitrogens with one attached hydrogen (secondary N) is 1. The van der Waals surface area contributed by atoms with Gasteiger partial charge in [0, 0.05) is 22.5 Å². The number of aromatic nitrogens is 2. The maximum atomic E-state index is 13.3. The van der Waals surface area contributed by atoms with Crippen molar-refractivity contribution in [1.29, 1.82) is 0 Å². The van der Waals surface area contributed by atoms with Crippen LogP contribution in [0.2, 0.25) is 0 Å². The molecule has 4 rings (SSSR count). The van der Waals surface area contributed by atoms with Crippen molar-refractivity contribution in [3.63, 3.8) is 0 Å². The van der Waals surface area contributed by atoms with Gasteiger partial charge in [-0.25, -0.2) is 4.39 Å². The van der Waals surface area contributed by atoms with Gasteiger partial charge >= 0.3 is 0 Å². The number of aromatic hydroxyl groups is 1. The van der Waals surface area contributed by atoms with E-state index < -0.39 is 5.91 Å². The number of azo groups is 1. The van der Waals surface area contributed by atoms with E-state index in [1.807, 2.05) is 37.5 Å². The number of rotatable bonds is 3. The molecule has 0 fully saturated rings. The van der Waals surface area contributed by atoms with E-state index in [1.54, 1.807) is 25.1 Å². The zero-order valence-corrected chi connectivity index (χ0v) is 17.1. The van der Waals surface area contributed by atoms with Gasteiger partial charge in [0.2, 0.25) is 5.88 Å². The fourth-order valence-corrected chi connectivity index (χ4v) is 3.84. The van der Waals surface area contributed by atoms with Crippen LogP contribution in [0.1, 0.15) is 32.9 Å². The van der Waals surface area contributed by atoms with E-state index in [-0.39, 0.29) is 17.4 Å². The fourth-order valence-electron chi connectivity index (χ4n) is 3.84. The molecule has 0 aliphatic rings. The molecular formula is C23H21FN4O2. The molecule has 2 aromatic heterocycles. The van der Waals surface area contributed by atoms with E-state index in [1.165, 1.54) is 12.1 Å². The van der Waals surface area contributed by atoms with E-state index >= 15 is 0 Å². The van der Waals surface area contributed by atoms with Crippen LogP contribution in [0.25, 0.3) is 16.6 Å². The number of H-pyrrole nitrogens is 1. The van der Waals surface area contributed by atoms with Crippen LogP contribution in [-0.2, 0) is 0 Å².